The van der Waals surface area contributed by atoms with Crippen LogP contribution in [0.15, 0.2) is 12.7 Å². The summed E-state index contributed by atoms with van der Waals surface area (Å²) in [6, 6.07) is 0. The molecule has 0 rings (SSSR count). The van der Waals surface area contributed by atoms with Gasteiger partial charge in [0.25, 0.3) is 0 Å². The SMILES string of the molecule is C=CCCCN(C)S(=O)(=O)CCNCCC. The van der Waals surface area contributed by atoms with E-state index in [1.54, 1.807) is 7.05 Å². The molecule has 0 amide bonds. The molecule has 0 aliphatic heterocycles. The van der Waals surface area contributed by atoms with E-state index in [9.17, 15) is 8.42 Å². The lowest BCUT2D eigenvalue weighted by Crippen LogP contribution is -2.34. The molecule has 0 heterocycles. The van der Waals surface area contributed by atoms with Gasteiger partial charge in [-0.3, -0.25) is 0 Å². The number of rotatable bonds is 10. The van der Waals surface area contributed by atoms with Crippen molar-refractivity contribution in [1.82, 2.24) is 9.62 Å². The lowest BCUT2D eigenvalue weighted by molar-refractivity contribution is 0.461. The highest BCUT2D eigenvalue weighted by Gasteiger charge is 2.16. The van der Waals surface area contributed by atoms with Crippen molar-refractivity contribution in [3.05, 3.63) is 12.7 Å². The molecule has 16 heavy (non-hydrogen) atoms. The van der Waals surface area contributed by atoms with Gasteiger partial charge in [0.15, 0.2) is 0 Å². The molecule has 0 atom stereocenters. The molecule has 0 saturated carbocycles. The van der Waals surface area contributed by atoms with Crippen molar-refractivity contribution in [2.45, 2.75) is 26.2 Å². The lowest BCUT2D eigenvalue weighted by Gasteiger charge is -2.16. The monoisotopic (exact) mass is 248 g/mol. The van der Waals surface area contributed by atoms with Gasteiger partial charge in [-0.25, -0.2) is 12.7 Å². The van der Waals surface area contributed by atoms with Gasteiger partial charge in [-0.1, -0.05) is 13.0 Å². The number of nitrogens with one attached hydrogen (secondary N) is 1. The third kappa shape index (κ3) is 6.98. The molecule has 0 bridgehead atoms. The normalized spacial score (nSPS) is 11.9. The average Bonchev–Trinajstić information content (AvgIpc) is 2.24. The number of sulfonamides is 1. The zero-order valence-corrected chi connectivity index (χ0v) is 11.2. The molecule has 0 aliphatic carbocycles. The highest BCUT2D eigenvalue weighted by molar-refractivity contribution is 7.89. The summed E-state index contributed by atoms with van der Waals surface area (Å²) in [7, 11) is -1.45. The minimum absolute atomic E-state index is 0.178. The fourth-order valence-electron chi connectivity index (χ4n) is 1.26. The molecule has 4 nitrogen and oxygen atoms in total. The number of allylic oxidation sites excluding steroid dienone is 1. The van der Waals surface area contributed by atoms with Crippen LogP contribution in [0.4, 0.5) is 0 Å². The standard InChI is InChI=1S/C11H24N2O2S/c1-4-6-7-10-13(3)16(14,15)11-9-12-8-5-2/h4,12H,1,5-11H2,2-3H3. The molecule has 0 spiro atoms. The first kappa shape index (κ1) is 15.6. The van der Waals surface area contributed by atoms with E-state index in [0.29, 0.717) is 13.1 Å². The van der Waals surface area contributed by atoms with Crippen LogP contribution in [0.3, 0.4) is 0 Å². The van der Waals surface area contributed by atoms with Gasteiger partial charge in [-0.2, -0.15) is 0 Å². The predicted molar refractivity (Wildman–Crippen MR) is 69.0 cm³/mol. The maximum absolute atomic E-state index is 11.7. The van der Waals surface area contributed by atoms with Crippen LogP contribution in [-0.4, -0.2) is 45.2 Å². The zero-order chi connectivity index (χ0) is 12.4. The smallest absolute Gasteiger partial charge is 0.215 e. The Bertz CT molecular complexity index is 276. The van der Waals surface area contributed by atoms with E-state index in [2.05, 4.69) is 18.8 Å². The van der Waals surface area contributed by atoms with Crippen molar-refractivity contribution in [1.29, 1.82) is 0 Å². The van der Waals surface area contributed by atoms with Crippen molar-refractivity contribution < 1.29 is 8.42 Å². The summed E-state index contributed by atoms with van der Waals surface area (Å²) in [4.78, 5) is 0. The Kier molecular flexibility index (Phi) is 8.51. The zero-order valence-electron chi connectivity index (χ0n) is 10.4. The summed E-state index contributed by atoms with van der Waals surface area (Å²) < 4.78 is 24.9. The molecule has 0 unspecified atom stereocenters. The van der Waals surface area contributed by atoms with Gasteiger partial charge in [-0.05, 0) is 25.8 Å². The summed E-state index contributed by atoms with van der Waals surface area (Å²) in [5, 5.41) is 3.09. The molecule has 0 radical (unpaired) electrons. The van der Waals surface area contributed by atoms with E-state index in [0.717, 1.165) is 25.8 Å². The molecule has 0 aromatic carbocycles. The third-order valence-corrected chi connectivity index (χ3v) is 4.17. The Morgan fingerprint density at radius 3 is 2.62 bits per heavy atom. The second-order valence-electron chi connectivity index (χ2n) is 3.82. The van der Waals surface area contributed by atoms with Crippen molar-refractivity contribution in [3.8, 4) is 0 Å². The first-order valence-electron chi connectivity index (χ1n) is 5.80. The van der Waals surface area contributed by atoms with Crippen LogP contribution < -0.4 is 5.32 Å². The molecular weight excluding hydrogens is 224 g/mol. The maximum Gasteiger partial charge on any atom is 0.215 e. The number of unbranched alkanes of at least 4 members (excludes halogenated alkanes) is 1. The quantitative estimate of drug-likeness (QED) is 0.467. The fraction of sp³-hybridized carbons (Fsp3) is 0.818. The minimum atomic E-state index is -3.08. The van der Waals surface area contributed by atoms with Gasteiger partial charge in [0.2, 0.25) is 10.0 Å². The first-order valence-corrected chi connectivity index (χ1v) is 7.41. The predicted octanol–water partition coefficient (Wildman–Crippen LogP) is 1.21. The molecule has 0 fully saturated rings. The van der Waals surface area contributed by atoms with E-state index < -0.39 is 10.0 Å². The summed E-state index contributed by atoms with van der Waals surface area (Å²) >= 11 is 0. The Balaban J connectivity index is 3.86. The number of hydrogen-bond donors (Lipinski definition) is 1. The van der Waals surface area contributed by atoms with Crippen LogP contribution in [-0.2, 0) is 10.0 Å². The van der Waals surface area contributed by atoms with E-state index in [-0.39, 0.29) is 5.75 Å². The largest absolute Gasteiger partial charge is 0.316 e. The highest BCUT2D eigenvalue weighted by Crippen LogP contribution is 2.01. The second-order valence-corrected chi connectivity index (χ2v) is 6.01. The Morgan fingerprint density at radius 2 is 2.06 bits per heavy atom. The van der Waals surface area contributed by atoms with Gasteiger partial charge in [0.1, 0.15) is 0 Å². The van der Waals surface area contributed by atoms with Gasteiger partial charge in [0.05, 0.1) is 5.75 Å². The number of nitrogens with zero attached hydrogens (tertiary/aromatic N) is 1. The molecule has 1 N–H and O–H groups in total. The molecule has 96 valence electrons. The van der Waals surface area contributed by atoms with E-state index >= 15 is 0 Å². The maximum atomic E-state index is 11.7. The lowest BCUT2D eigenvalue weighted by atomic mass is 10.3. The summed E-state index contributed by atoms with van der Waals surface area (Å²) in [5.41, 5.74) is 0. The van der Waals surface area contributed by atoms with Crippen molar-refractivity contribution in [3.63, 3.8) is 0 Å². The molecular formula is C11H24N2O2S. The Labute approximate surface area is 99.8 Å². The van der Waals surface area contributed by atoms with Crippen LogP contribution in [0.1, 0.15) is 26.2 Å². The molecule has 0 aromatic rings. The third-order valence-electron chi connectivity index (χ3n) is 2.32. The van der Waals surface area contributed by atoms with Crippen LogP contribution in [0, 0.1) is 0 Å². The number of hydrogen-bond acceptors (Lipinski definition) is 3. The van der Waals surface area contributed by atoms with Gasteiger partial charge in [-0.15, -0.1) is 6.58 Å². The van der Waals surface area contributed by atoms with Crippen LogP contribution in [0.5, 0.6) is 0 Å². The second kappa shape index (κ2) is 8.73. The molecule has 0 saturated heterocycles. The van der Waals surface area contributed by atoms with Crippen LogP contribution >= 0.6 is 0 Å². The first-order chi connectivity index (χ1) is 7.54. The minimum Gasteiger partial charge on any atom is -0.316 e. The molecule has 0 aliphatic rings. The topological polar surface area (TPSA) is 49.4 Å². The Morgan fingerprint density at radius 1 is 1.38 bits per heavy atom. The Hall–Kier alpha value is -0.390. The van der Waals surface area contributed by atoms with E-state index in [4.69, 9.17) is 0 Å². The summed E-state index contributed by atoms with van der Waals surface area (Å²) in [5.74, 6) is 0.178. The molecule has 0 aromatic heterocycles. The fourth-order valence-corrected chi connectivity index (χ4v) is 2.38. The van der Waals surface area contributed by atoms with Crippen LogP contribution in [0.25, 0.3) is 0 Å². The van der Waals surface area contributed by atoms with Crippen molar-refractivity contribution >= 4 is 10.0 Å². The van der Waals surface area contributed by atoms with Gasteiger partial charge < -0.3 is 5.32 Å². The van der Waals surface area contributed by atoms with E-state index in [1.807, 2.05) is 6.08 Å². The van der Waals surface area contributed by atoms with Gasteiger partial charge >= 0.3 is 0 Å². The highest BCUT2D eigenvalue weighted by atomic mass is 32.2. The summed E-state index contributed by atoms with van der Waals surface area (Å²) in [6.45, 7) is 7.64. The van der Waals surface area contributed by atoms with Crippen molar-refractivity contribution in [2.75, 3.05) is 32.4 Å². The van der Waals surface area contributed by atoms with Crippen LogP contribution in [0.2, 0.25) is 0 Å². The molecule has 5 heteroatoms. The van der Waals surface area contributed by atoms with E-state index in [1.165, 1.54) is 4.31 Å². The average molecular weight is 248 g/mol. The van der Waals surface area contributed by atoms with Crippen molar-refractivity contribution in [2.24, 2.45) is 0 Å². The van der Waals surface area contributed by atoms with Gasteiger partial charge in [0, 0.05) is 20.1 Å². The summed E-state index contributed by atoms with van der Waals surface area (Å²) in [6.07, 6.45) is 4.52.